The molecule has 0 aliphatic rings. The third-order valence-electron chi connectivity index (χ3n) is 4.97. The quantitative estimate of drug-likeness (QED) is 0.624. The number of methoxy groups -OCH3 is 2. The molecule has 0 saturated heterocycles. The average molecular weight is 431 g/mol. The highest BCUT2D eigenvalue weighted by Crippen LogP contribution is 2.28. The van der Waals surface area contributed by atoms with Crippen LogP contribution in [-0.2, 0) is 22.6 Å². The lowest BCUT2D eigenvalue weighted by Crippen LogP contribution is -2.49. The molecule has 0 spiro atoms. The van der Waals surface area contributed by atoms with Gasteiger partial charge in [0.2, 0.25) is 11.8 Å². The number of nitrogens with zero attached hydrogens (tertiary/aromatic N) is 1. The Hall–Kier alpha value is -3.09. The Bertz CT molecular complexity index is 901. The van der Waals surface area contributed by atoms with Gasteiger partial charge in [-0.2, -0.15) is 0 Å². The minimum absolute atomic E-state index is 0.0180. The van der Waals surface area contributed by atoms with Crippen LogP contribution in [-0.4, -0.2) is 43.0 Å². The maximum Gasteiger partial charge on any atom is 0.242 e. The molecule has 0 aliphatic carbocycles. The van der Waals surface area contributed by atoms with Crippen molar-refractivity contribution in [2.45, 2.75) is 52.2 Å². The molecule has 0 bridgehead atoms. The number of rotatable bonds is 10. The third kappa shape index (κ3) is 6.70. The summed E-state index contributed by atoms with van der Waals surface area (Å²) in [6, 6.07) is 11.0. The molecule has 168 valence electrons. The molecule has 0 heterocycles. The summed E-state index contributed by atoms with van der Waals surface area (Å²) in [5, 5.41) is 2.82. The molecule has 0 fully saturated rings. The first-order valence-corrected chi connectivity index (χ1v) is 10.3. The molecule has 31 heavy (non-hydrogen) atoms. The largest absolute Gasteiger partial charge is 0.493 e. The standard InChI is InChI=1S/C24H31FN2O4/c1-16(2)26-24(29)17(3)27(15-19-8-6-7-9-20(19)25)23(28)13-11-18-10-12-21(30-4)22(14-18)31-5/h6-10,12,14,16-17H,11,13,15H2,1-5H3,(H,26,29)/t17-/m1/s1. The molecule has 0 saturated carbocycles. The summed E-state index contributed by atoms with van der Waals surface area (Å²) in [4.78, 5) is 27.1. The fourth-order valence-corrected chi connectivity index (χ4v) is 3.23. The fourth-order valence-electron chi connectivity index (χ4n) is 3.23. The summed E-state index contributed by atoms with van der Waals surface area (Å²) in [6.45, 7) is 5.38. The highest BCUT2D eigenvalue weighted by Gasteiger charge is 2.27. The van der Waals surface area contributed by atoms with Crippen molar-refractivity contribution in [3.05, 3.63) is 59.4 Å². The maximum absolute atomic E-state index is 14.2. The number of aryl methyl sites for hydroxylation is 1. The number of amides is 2. The molecular weight excluding hydrogens is 399 g/mol. The lowest BCUT2D eigenvalue weighted by atomic mass is 10.1. The van der Waals surface area contributed by atoms with Gasteiger partial charge in [0.25, 0.3) is 0 Å². The summed E-state index contributed by atoms with van der Waals surface area (Å²) < 4.78 is 24.8. The SMILES string of the molecule is COc1ccc(CCC(=O)N(Cc2ccccc2F)[C@H](C)C(=O)NC(C)C)cc1OC. The Morgan fingerprint density at radius 2 is 1.71 bits per heavy atom. The third-order valence-corrected chi connectivity index (χ3v) is 4.97. The lowest BCUT2D eigenvalue weighted by molar-refractivity contribution is -0.140. The van der Waals surface area contributed by atoms with Crippen molar-refractivity contribution in [2.24, 2.45) is 0 Å². The number of halogens is 1. The summed E-state index contributed by atoms with van der Waals surface area (Å²) in [6.07, 6.45) is 0.620. The Kier molecular flexibility index (Phi) is 8.85. The van der Waals surface area contributed by atoms with Crippen LogP contribution in [0, 0.1) is 5.82 Å². The Morgan fingerprint density at radius 3 is 2.32 bits per heavy atom. The van der Waals surface area contributed by atoms with Gasteiger partial charge in [-0.1, -0.05) is 24.3 Å². The Morgan fingerprint density at radius 1 is 1.03 bits per heavy atom. The highest BCUT2D eigenvalue weighted by molar-refractivity contribution is 5.87. The predicted octanol–water partition coefficient (Wildman–Crippen LogP) is 3.72. The van der Waals surface area contributed by atoms with Crippen molar-refractivity contribution < 1.29 is 23.5 Å². The van der Waals surface area contributed by atoms with E-state index in [1.807, 2.05) is 26.0 Å². The summed E-state index contributed by atoms with van der Waals surface area (Å²) in [5.74, 6) is 0.282. The summed E-state index contributed by atoms with van der Waals surface area (Å²) in [7, 11) is 3.11. The molecule has 1 N–H and O–H groups in total. The van der Waals surface area contributed by atoms with Crippen molar-refractivity contribution >= 4 is 11.8 Å². The van der Waals surface area contributed by atoms with Gasteiger partial charge >= 0.3 is 0 Å². The Labute approximate surface area is 183 Å². The lowest BCUT2D eigenvalue weighted by Gasteiger charge is -2.29. The second-order valence-corrected chi connectivity index (χ2v) is 7.64. The van der Waals surface area contributed by atoms with Gasteiger partial charge in [0, 0.05) is 24.6 Å². The molecule has 6 nitrogen and oxygen atoms in total. The van der Waals surface area contributed by atoms with Gasteiger partial charge in [0.1, 0.15) is 11.9 Å². The van der Waals surface area contributed by atoms with Crippen LogP contribution in [0.1, 0.15) is 38.3 Å². The van der Waals surface area contributed by atoms with Crippen LogP contribution in [0.3, 0.4) is 0 Å². The van der Waals surface area contributed by atoms with Crippen molar-refractivity contribution in [3.63, 3.8) is 0 Å². The number of nitrogens with one attached hydrogen (secondary N) is 1. The maximum atomic E-state index is 14.2. The van der Waals surface area contributed by atoms with E-state index in [4.69, 9.17) is 9.47 Å². The summed E-state index contributed by atoms with van der Waals surface area (Å²) in [5.41, 5.74) is 1.27. The van der Waals surface area contributed by atoms with Gasteiger partial charge in [-0.3, -0.25) is 9.59 Å². The van der Waals surface area contributed by atoms with E-state index in [2.05, 4.69) is 5.32 Å². The topological polar surface area (TPSA) is 67.9 Å². The van der Waals surface area contributed by atoms with E-state index in [-0.39, 0.29) is 30.8 Å². The molecular formula is C24H31FN2O4. The van der Waals surface area contributed by atoms with Gasteiger partial charge in [-0.05, 0) is 51.0 Å². The van der Waals surface area contributed by atoms with Gasteiger partial charge in [-0.25, -0.2) is 4.39 Å². The molecule has 2 aromatic rings. The van der Waals surface area contributed by atoms with Crippen molar-refractivity contribution in [2.75, 3.05) is 14.2 Å². The van der Waals surface area contributed by atoms with Crippen LogP contribution in [0.2, 0.25) is 0 Å². The molecule has 0 unspecified atom stereocenters. The molecule has 0 aliphatic heterocycles. The normalized spacial score (nSPS) is 11.7. The first-order valence-electron chi connectivity index (χ1n) is 10.3. The minimum atomic E-state index is -0.736. The monoisotopic (exact) mass is 430 g/mol. The molecule has 0 radical (unpaired) electrons. The summed E-state index contributed by atoms with van der Waals surface area (Å²) >= 11 is 0. The van der Waals surface area contributed by atoms with Gasteiger partial charge in [0.05, 0.1) is 14.2 Å². The Balaban J connectivity index is 2.19. The van der Waals surface area contributed by atoms with Crippen LogP contribution in [0.25, 0.3) is 0 Å². The average Bonchev–Trinajstić information content (AvgIpc) is 2.75. The van der Waals surface area contributed by atoms with Gasteiger partial charge in [-0.15, -0.1) is 0 Å². The second-order valence-electron chi connectivity index (χ2n) is 7.64. The smallest absolute Gasteiger partial charge is 0.242 e. The van der Waals surface area contributed by atoms with Crippen LogP contribution in [0.4, 0.5) is 4.39 Å². The molecule has 2 aromatic carbocycles. The van der Waals surface area contributed by atoms with Crippen LogP contribution in [0.15, 0.2) is 42.5 Å². The van der Waals surface area contributed by atoms with Gasteiger partial charge in [0.15, 0.2) is 11.5 Å². The van der Waals surface area contributed by atoms with Crippen molar-refractivity contribution in [1.82, 2.24) is 10.2 Å². The minimum Gasteiger partial charge on any atom is -0.493 e. The number of carbonyl (C=O) groups is 2. The number of carbonyl (C=O) groups excluding carboxylic acids is 2. The van der Waals surface area contributed by atoms with E-state index in [1.54, 1.807) is 45.4 Å². The van der Waals surface area contributed by atoms with E-state index in [0.29, 0.717) is 23.5 Å². The second kappa shape index (κ2) is 11.3. The molecule has 1 atom stereocenters. The molecule has 2 rings (SSSR count). The number of ether oxygens (including phenoxy) is 2. The highest BCUT2D eigenvalue weighted by atomic mass is 19.1. The van der Waals surface area contributed by atoms with Crippen LogP contribution < -0.4 is 14.8 Å². The van der Waals surface area contributed by atoms with E-state index < -0.39 is 11.9 Å². The zero-order valence-electron chi connectivity index (χ0n) is 18.8. The molecule has 0 aromatic heterocycles. The first-order chi connectivity index (χ1) is 14.8. The van der Waals surface area contributed by atoms with Crippen molar-refractivity contribution in [3.8, 4) is 11.5 Å². The number of hydrogen-bond acceptors (Lipinski definition) is 4. The molecule has 2 amide bonds. The van der Waals surface area contributed by atoms with E-state index in [1.165, 1.54) is 11.0 Å². The van der Waals surface area contributed by atoms with Crippen LogP contribution >= 0.6 is 0 Å². The van der Waals surface area contributed by atoms with E-state index >= 15 is 0 Å². The first kappa shape index (κ1) is 24.2. The van der Waals surface area contributed by atoms with E-state index in [9.17, 15) is 14.0 Å². The van der Waals surface area contributed by atoms with Gasteiger partial charge < -0.3 is 19.7 Å². The molecule has 7 heteroatoms. The van der Waals surface area contributed by atoms with Crippen molar-refractivity contribution in [1.29, 1.82) is 0 Å². The zero-order chi connectivity index (χ0) is 23.0. The van der Waals surface area contributed by atoms with E-state index in [0.717, 1.165) is 5.56 Å². The number of hydrogen-bond donors (Lipinski definition) is 1. The predicted molar refractivity (Wildman–Crippen MR) is 118 cm³/mol. The number of benzene rings is 2. The zero-order valence-corrected chi connectivity index (χ0v) is 18.8. The fraction of sp³-hybridized carbons (Fsp3) is 0.417. The van der Waals surface area contributed by atoms with Crippen LogP contribution in [0.5, 0.6) is 11.5 Å².